The number of pyridine rings is 1. The molecule has 2 nitrogen and oxygen atoms in total. The van der Waals surface area contributed by atoms with E-state index < -0.39 is 0 Å². The van der Waals surface area contributed by atoms with Gasteiger partial charge in [-0.1, -0.05) is 6.07 Å². The van der Waals surface area contributed by atoms with E-state index >= 15 is 0 Å². The zero-order chi connectivity index (χ0) is 9.10. The molecule has 2 unspecified atom stereocenters. The highest BCUT2D eigenvalue weighted by atomic mass is 14.6. The summed E-state index contributed by atoms with van der Waals surface area (Å²) in [5.41, 5.74) is 7.05. The van der Waals surface area contributed by atoms with Gasteiger partial charge < -0.3 is 5.73 Å². The van der Waals surface area contributed by atoms with Gasteiger partial charge in [0, 0.05) is 12.4 Å². The molecule has 0 aromatic carbocycles. The first-order valence-electron chi connectivity index (χ1n) is 5.00. The lowest BCUT2D eigenvalue weighted by Crippen LogP contribution is -2.10. The molecule has 0 aliphatic heterocycles. The summed E-state index contributed by atoms with van der Waals surface area (Å²) < 4.78 is 0. The first-order valence-corrected chi connectivity index (χ1v) is 5.00. The van der Waals surface area contributed by atoms with Crippen LogP contribution in [0.4, 0.5) is 0 Å². The van der Waals surface area contributed by atoms with Gasteiger partial charge in [0.05, 0.1) is 0 Å². The summed E-state index contributed by atoms with van der Waals surface area (Å²) in [4.78, 5) is 4.15. The predicted molar refractivity (Wildman–Crippen MR) is 53.4 cm³/mol. The second kappa shape index (κ2) is 3.88. The molecule has 1 saturated carbocycles. The first kappa shape index (κ1) is 8.70. The summed E-state index contributed by atoms with van der Waals surface area (Å²) in [5.74, 6) is 1.45. The highest BCUT2D eigenvalue weighted by molar-refractivity contribution is 5.16. The lowest BCUT2D eigenvalue weighted by atomic mass is 9.98. The van der Waals surface area contributed by atoms with Crippen molar-refractivity contribution in [2.75, 3.05) is 6.54 Å². The fourth-order valence-electron chi connectivity index (χ4n) is 2.21. The van der Waals surface area contributed by atoms with Crippen LogP contribution in [0.25, 0.3) is 0 Å². The van der Waals surface area contributed by atoms with E-state index in [0.29, 0.717) is 5.92 Å². The maximum absolute atomic E-state index is 5.66. The Morgan fingerprint density at radius 1 is 1.46 bits per heavy atom. The molecule has 1 aliphatic carbocycles. The van der Waals surface area contributed by atoms with Crippen LogP contribution in [0, 0.1) is 5.92 Å². The van der Waals surface area contributed by atoms with Gasteiger partial charge in [0.2, 0.25) is 0 Å². The third kappa shape index (κ3) is 1.89. The van der Waals surface area contributed by atoms with E-state index in [0.717, 1.165) is 12.5 Å². The van der Waals surface area contributed by atoms with Crippen molar-refractivity contribution in [2.45, 2.75) is 25.2 Å². The maximum atomic E-state index is 5.66. The standard InChI is InChI=1S/C11H16N2/c12-7-9-3-4-10(6-9)11-2-1-5-13-8-11/h1-2,5,8-10H,3-4,6-7,12H2. The van der Waals surface area contributed by atoms with Crippen LogP contribution in [0.5, 0.6) is 0 Å². The van der Waals surface area contributed by atoms with Gasteiger partial charge in [-0.3, -0.25) is 4.98 Å². The fraction of sp³-hybridized carbons (Fsp3) is 0.545. The molecule has 70 valence electrons. The normalized spacial score (nSPS) is 27.8. The van der Waals surface area contributed by atoms with Crippen molar-refractivity contribution in [3.05, 3.63) is 30.1 Å². The zero-order valence-corrected chi connectivity index (χ0v) is 7.82. The monoisotopic (exact) mass is 176 g/mol. The Morgan fingerprint density at radius 2 is 2.38 bits per heavy atom. The molecule has 1 aromatic rings. The van der Waals surface area contributed by atoms with Crippen LogP contribution in [0.2, 0.25) is 0 Å². The molecule has 0 amide bonds. The molecule has 0 saturated heterocycles. The van der Waals surface area contributed by atoms with Crippen molar-refractivity contribution < 1.29 is 0 Å². The number of hydrogen-bond acceptors (Lipinski definition) is 2. The van der Waals surface area contributed by atoms with Crippen LogP contribution in [0.15, 0.2) is 24.5 Å². The van der Waals surface area contributed by atoms with Crippen molar-refractivity contribution in [2.24, 2.45) is 11.7 Å². The minimum atomic E-state index is 0.710. The van der Waals surface area contributed by atoms with Crippen molar-refractivity contribution in [3.8, 4) is 0 Å². The summed E-state index contributed by atoms with van der Waals surface area (Å²) in [7, 11) is 0. The number of nitrogens with two attached hydrogens (primary N) is 1. The van der Waals surface area contributed by atoms with Crippen LogP contribution in [-0.4, -0.2) is 11.5 Å². The third-order valence-corrected chi connectivity index (χ3v) is 3.03. The fourth-order valence-corrected chi connectivity index (χ4v) is 2.21. The molecule has 2 atom stereocenters. The predicted octanol–water partition coefficient (Wildman–Crippen LogP) is 1.92. The summed E-state index contributed by atoms with van der Waals surface area (Å²) >= 11 is 0. The topological polar surface area (TPSA) is 38.9 Å². The van der Waals surface area contributed by atoms with Gasteiger partial charge in [0.15, 0.2) is 0 Å². The van der Waals surface area contributed by atoms with Crippen molar-refractivity contribution in [1.29, 1.82) is 0 Å². The Morgan fingerprint density at radius 3 is 3.00 bits per heavy atom. The van der Waals surface area contributed by atoms with E-state index in [4.69, 9.17) is 5.73 Å². The molecule has 1 heterocycles. The number of hydrogen-bond donors (Lipinski definition) is 1. The van der Waals surface area contributed by atoms with Crippen LogP contribution >= 0.6 is 0 Å². The van der Waals surface area contributed by atoms with E-state index in [9.17, 15) is 0 Å². The number of aromatic nitrogens is 1. The summed E-state index contributed by atoms with van der Waals surface area (Å²) in [6.07, 6.45) is 7.65. The van der Waals surface area contributed by atoms with Gasteiger partial charge in [-0.25, -0.2) is 0 Å². The van der Waals surface area contributed by atoms with Crippen LogP contribution in [0.3, 0.4) is 0 Å². The van der Waals surface area contributed by atoms with E-state index in [1.807, 2.05) is 18.5 Å². The van der Waals surface area contributed by atoms with Crippen LogP contribution < -0.4 is 5.73 Å². The average molecular weight is 176 g/mol. The molecule has 0 radical (unpaired) electrons. The summed E-state index contributed by atoms with van der Waals surface area (Å²) in [6.45, 7) is 0.844. The minimum Gasteiger partial charge on any atom is -0.330 e. The lowest BCUT2D eigenvalue weighted by Gasteiger charge is -2.09. The van der Waals surface area contributed by atoms with Crippen molar-refractivity contribution in [1.82, 2.24) is 4.98 Å². The Hall–Kier alpha value is -0.890. The van der Waals surface area contributed by atoms with Gasteiger partial charge in [-0.05, 0) is 49.3 Å². The largest absolute Gasteiger partial charge is 0.330 e. The Labute approximate surface area is 79.2 Å². The van der Waals surface area contributed by atoms with Gasteiger partial charge in [-0.15, -0.1) is 0 Å². The van der Waals surface area contributed by atoms with Gasteiger partial charge in [0.25, 0.3) is 0 Å². The minimum absolute atomic E-state index is 0.710. The molecule has 2 N–H and O–H groups in total. The van der Waals surface area contributed by atoms with Crippen LogP contribution in [0.1, 0.15) is 30.7 Å². The zero-order valence-electron chi connectivity index (χ0n) is 7.82. The highest BCUT2D eigenvalue weighted by Gasteiger charge is 2.24. The lowest BCUT2D eigenvalue weighted by molar-refractivity contribution is 0.551. The molecule has 2 heteroatoms. The number of nitrogens with zero attached hydrogens (tertiary/aromatic N) is 1. The second-order valence-corrected chi connectivity index (χ2v) is 3.90. The highest BCUT2D eigenvalue weighted by Crippen LogP contribution is 2.37. The van der Waals surface area contributed by atoms with E-state index in [1.54, 1.807) is 0 Å². The Bertz CT molecular complexity index is 258. The summed E-state index contributed by atoms with van der Waals surface area (Å²) in [6, 6.07) is 4.20. The molecular weight excluding hydrogens is 160 g/mol. The smallest absolute Gasteiger partial charge is 0.0302 e. The quantitative estimate of drug-likeness (QED) is 0.747. The molecule has 0 bridgehead atoms. The van der Waals surface area contributed by atoms with E-state index in [2.05, 4.69) is 11.1 Å². The number of rotatable bonds is 2. The molecule has 13 heavy (non-hydrogen) atoms. The second-order valence-electron chi connectivity index (χ2n) is 3.90. The first-order chi connectivity index (χ1) is 6.40. The van der Waals surface area contributed by atoms with Gasteiger partial charge >= 0.3 is 0 Å². The molecule has 0 spiro atoms. The Balaban J connectivity index is 2.04. The van der Waals surface area contributed by atoms with Gasteiger partial charge in [-0.2, -0.15) is 0 Å². The maximum Gasteiger partial charge on any atom is 0.0302 e. The van der Waals surface area contributed by atoms with Crippen molar-refractivity contribution in [3.63, 3.8) is 0 Å². The van der Waals surface area contributed by atoms with Gasteiger partial charge in [0.1, 0.15) is 0 Å². The molecule has 1 aliphatic rings. The third-order valence-electron chi connectivity index (χ3n) is 3.03. The average Bonchev–Trinajstić information content (AvgIpc) is 2.67. The molecule has 1 aromatic heterocycles. The molecular formula is C11H16N2. The van der Waals surface area contributed by atoms with E-state index in [1.165, 1.54) is 24.8 Å². The van der Waals surface area contributed by atoms with E-state index in [-0.39, 0.29) is 0 Å². The van der Waals surface area contributed by atoms with Crippen molar-refractivity contribution >= 4 is 0 Å². The summed E-state index contributed by atoms with van der Waals surface area (Å²) in [5, 5.41) is 0. The molecule has 1 fully saturated rings. The Kier molecular flexibility index (Phi) is 2.60. The van der Waals surface area contributed by atoms with Crippen LogP contribution in [-0.2, 0) is 0 Å². The SMILES string of the molecule is NCC1CCC(c2cccnc2)C1. The molecule has 2 rings (SSSR count).